The molecule has 2 fully saturated rings. The molecular weight excluding hydrogens is 255 g/mol. The van der Waals surface area contributed by atoms with E-state index >= 15 is 0 Å². The van der Waals surface area contributed by atoms with E-state index in [0.29, 0.717) is 12.1 Å². The zero-order valence-electron chi connectivity index (χ0n) is 6.42. The van der Waals surface area contributed by atoms with Crippen molar-refractivity contribution in [3.63, 3.8) is 0 Å². The van der Waals surface area contributed by atoms with Crippen molar-refractivity contribution >= 4 is 22.9 Å². The van der Waals surface area contributed by atoms with E-state index in [9.17, 15) is 0 Å². The molecule has 11 heavy (non-hydrogen) atoms. The van der Waals surface area contributed by atoms with E-state index in [0.717, 1.165) is 19.7 Å². The Morgan fingerprint density at radius 1 is 1.55 bits per heavy atom. The number of nitrogens with one attached hydrogen (secondary N) is 1. The zero-order valence-corrected chi connectivity index (χ0v) is 8.58. The summed E-state index contributed by atoms with van der Waals surface area (Å²) in [6, 6.07) is 0.578. The summed E-state index contributed by atoms with van der Waals surface area (Å²) in [4.78, 5) is 0. The van der Waals surface area contributed by atoms with Gasteiger partial charge in [0, 0.05) is 48.5 Å². The lowest BCUT2D eigenvalue weighted by molar-refractivity contribution is -0.0268. The van der Waals surface area contributed by atoms with Crippen molar-refractivity contribution in [3.05, 3.63) is 0 Å². The maximum Gasteiger partial charge on any atom is 0.0754 e. The van der Waals surface area contributed by atoms with Crippen LogP contribution in [0.5, 0.6) is 0 Å². The monoisotopic (exact) mass is 268 g/mol. The van der Waals surface area contributed by atoms with Gasteiger partial charge in [0.1, 0.15) is 0 Å². The molecule has 0 aromatic heterocycles. The number of halogens is 1. The standard InChI is InChI=1S/C7H13IN2O/c8-10-3-1-7-6(5-10)9-2-4-11-7/h6-7,9H,1-5H2. The lowest BCUT2D eigenvalue weighted by Gasteiger charge is -2.39. The molecule has 2 saturated heterocycles. The summed E-state index contributed by atoms with van der Waals surface area (Å²) in [6.07, 6.45) is 1.66. The molecule has 0 aliphatic carbocycles. The predicted octanol–water partition coefficient (Wildman–Crippen LogP) is 0.399. The van der Waals surface area contributed by atoms with Gasteiger partial charge in [0.25, 0.3) is 0 Å². The van der Waals surface area contributed by atoms with Crippen LogP contribution in [0, 0.1) is 0 Å². The number of hydrogen-bond donors (Lipinski definition) is 1. The van der Waals surface area contributed by atoms with Crippen molar-refractivity contribution in [1.82, 2.24) is 8.43 Å². The highest BCUT2D eigenvalue weighted by Gasteiger charge is 2.30. The predicted molar refractivity (Wildman–Crippen MR) is 51.7 cm³/mol. The molecule has 0 aromatic carbocycles. The van der Waals surface area contributed by atoms with Gasteiger partial charge in [-0.1, -0.05) is 0 Å². The van der Waals surface area contributed by atoms with Crippen LogP contribution in [0.15, 0.2) is 0 Å². The summed E-state index contributed by atoms with van der Waals surface area (Å²) < 4.78 is 7.97. The fourth-order valence-corrected chi connectivity index (χ4v) is 2.44. The molecule has 0 spiro atoms. The number of piperidine rings is 1. The van der Waals surface area contributed by atoms with Crippen molar-refractivity contribution in [2.24, 2.45) is 0 Å². The molecule has 2 heterocycles. The van der Waals surface area contributed by atoms with Gasteiger partial charge < -0.3 is 10.1 Å². The number of hydrogen-bond acceptors (Lipinski definition) is 3. The van der Waals surface area contributed by atoms with Crippen LogP contribution in [0.3, 0.4) is 0 Å². The number of morpholine rings is 1. The Kier molecular flexibility index (Phi) is 2.65. The van der Waals surface area contributed by atoms with E-state index in [2.05, 4.69) is 31.3 Å². The fraction of sp³-hybridized carbons (Fsp3) is 1.00. The van der Waals surface area contributed by atoms with Crippen LogP contribution in [-0.4, -0.2) is 41.5 Å². The number of nitrogens with zero attached hydrogens (tertiary/aromatic N) is 1. The summed E-state index contributed by atoms with van der Waals surface area (Å²) in [5, 5.41) is 3.48. The molecule has 64 valence electrons. The minimum absolute atomic E-state index is 0.481. The average Bonchev–Trinajstić information content (AvgIpc) is 2.04. The van der Waals surface area contributed by atoms with Gasteiger partial charge in [-0.2, -0.15) is 0 Å². The maximum absolute atomic E-state index is 5.64. The van der Waals surface area contributed by atoms with Gasteiger partial charge in [-0.05, 0) is 6.42 Å². The van der Waals surface area contributed by atoms with E-state index in [-0.39, 0.29) is 0 Å². The van der Waals surface area contributed by atoms with Crippen LogP contribution in [0.4, 0.5) is 0 Å². The molecule has 4 heteroatoms. The van der Waals surface area contributed by atoms with Crippen LogP contribution in [0.25, 0.3) is 0 Å². The van der Waals surface area contributed by atoms with Crippen LogP contribution in [-0.2, 0) is 4.74 Å². The first kappa shape index (κ1) is 8.22. The van der Waals surface area contributed by atoms with E-state index in [1.165, 1.54) is 13.0 Å². The second kappa shape index (κ2) is 3.55. The van der Waals surface area contributed by atoms with Crippen LogP contribution >= 0.6 is 22.9 Å². The highest BCUT2D eigenvalue weighted by molar-refractivity contribution is 14.1. The first-order valence-corrected chi connectivity index (χ1v) is 5.08. The molecule has 2 aliphatic heterocycles. The van der Waals surface area contributed by atoms with E-state index < -0.39 is 0 Å². The zero-order chi connectivity index (χ0) is 7.68. The van der Waals surface area contributed by atoms with Crippen LogP contribution < -0.4 is 5.32 Å². The smallest absolute Gasteiger partial charge is 0.0754 e. The molecule has 2 aliphatic rings. The Balaban J connectivity index is 1.93. The summed E-state index contributed by atoms with van der Waals surface area (Å²) >= 11 is 2.38. The maximum atomic E-state index is 5.64. The first-order chi connectivity index (χ1) is 5.36. The van der Waals surface area contributed by atoms with Crippen molar-refractivity contribution in [1.29, 1.82) is 0 Å². The molecule has 0 saturated carbocycles. The summed E-state index contributed by atoms with van der Waals surface area (Å²) in [5.74, 6) is 0. The molecule has 0 amide bonds. The van der Waals surface area contributed by atoms with Crippen molar-refractivity contribution in [3.8, 4) is 0 Å². The van der Waals surface area contributed by atoms with Crippen molar-refractivity contribution in [2.45, 2.75) is 18.6 Å². The third kappa shape index (κ3) is 1.85. The third-order valence-electron chi connectivity index (χ3n) is 2.34. The van der Waals surface area contributed by atoms with Crippen LogP contribution in [0.1, 0.15) is 6.42 Å². The quantitative estimate of drug-likeness (QED) is 0.508. The number of ether oxygens (including phenoxy) is 1. The van der Waals surface area contributed by atoms with Gasteiger partial charge >= 0.3 is 0 Å². The van der Waals surface area contributed by atoms with E-state index in [1.54, 1.807) is 0 Å². The van der Waals surface area contributed by atoms with Gasteiger partial charge in [-0.25, -0.2) is 3.11 Å². The summed E-state index contributed by atoms with van der Waals surface area (Å²) in [7, 11) is 0. The fourth-order valence-electron chi connectivity index (χ4n) is 1.74. The molecule has 0 aromatic rings. The topological polar surface area (TPSA) is 24.5 Å². The minimum Gasteiger partial charge on any atom is -0.375 e. The first-order valence-electron chi connectivity index (χ1n) is 4.12. The highest BCUT2D eigenvalue weighted by Crippen LogP contribution is 2.18. The normalized spacial score (nSPS) is 40.1. The minimum atomic E-state index is 0.481. The van der Waals surface area contributed by atoms with Gasteiger partial charge in [-0.15, -0.1) is 0 Å². The third-order valence-corrected chi connectivity index (χ3v) is 3.22. The molecule has 2 rings (SSSR count). The largest absolute Gasteiger partial charge is 0.375 e. The molecule has 0 radical (unpaired) electrons. The molecule has 0 bridgehead atoms. The second-order valence-electron chi connectivity index (χ2n) is 3.13. The Hall–Kier alpha value is 0.610. The van der Waals surface area contributed by atoms with E-state index in [4.69, 9.17) is 4.74 Å². The van der Waals surface area contributed by atoms with Crippen molar-refractivity contribution in [2.75, 3.05) is 26.2 Å². The van der Waals surface area contributed by atoms with Gasteiger partial charge in [0.2, 0.25) is 0 Å². The highest BCUT2D eigenvalue weighted by atomic mass is 127. The molecular formula is C7H13IN2O. The molecule has 2 atom stereocenters. The Morgan fingerprint density at radius 3 is 3.36 bits per heavy atom. The molecule has 2 unspecified atom stereocenters. The van der Waals surface area contributed by atoms with E-state index in [1.807, 2.05) is 0 Å². The van der Waals surface area contributed by atoms with Crippen molar-refractivity contribution < 1.29 is 4.74 Å². The Labute approximate surface area is 81.0 Å². The van der Waals surface area contributed by atoms with Gasteiger partial charge in [-0.3, -0.25) is 0 Å². The number of rotatable bonds is 0. The summed E-state index contributed by atoms with van der Waals surface area (Å²) in [5.41, 5.74) is 0. The van der Waals surface area contributed by atoms with Gasteiger partial charge in [0.15, 0.2) is 0 Å². The average molecular weight is 268 g/mol. The lowest BCUT2D eigenvalue weighted by Crippen LogP contribution is -2.56. The Bertz CT molecular complexity index is 144. The lowest BCUT2D eigenvalue weighted by atomic mass is 10.0. The molecule has 3 nitrogen and oxygen atoms in total. The molecule has 1 N–H and O–H groups in total. The van der Waals surface area contributed by atoms with Gasteiger partial charge in [0.05, 0.1) is 12.7 Å². The summed E-state index contributed by atoms with van der Waals surface area (Å²) in [6.45, 7) is 4.21. The SMILES string of the molecule is IN1CCC2OCCNC2C1. The number of fused-ring (bicyclic) bond motifs is 1. The second-order valence-corrected chi connectivity index (χ2v) is 4.49. The van der Waals surface area contributed by atoms with Crippen LogP contribution in [0.2, 0.25) is 0 Å². The Morgan fingerprint density at radius 2 is 2.45 bits per heavy atom.